The molecule has 0 bridgehead atoms. The number of hydrogen-bond donors (Lipinski definition) is 2. The van der Waals surface area contributed by atoms with E-state index in [-0.39, 0.29) is 6.04 Å². The topological polar surface area (TPSA) is 81.6 Å². The molecular formula is C27H35Cl2N5O2. The van der Waals surface area contributed by atoms with Crippen molar-refractivity contribution in [2.75, 3.05) is 36.4 Å². The minimum absolute atomic E-state index is 0.0522. The lowest BCUT2D eigenvalue weighted by Crippen LogP contribution is -2.52. The second kappa shape index (κ2) is 9.99. The van der Waals surface area contributed by atoms with E-state index in [4.69, 9.17) is 28.2 Å². The third-order valence-corrected chi connectivity index (χ3v) is 9.15. The number of aryl methyl sites for hydroxylation is 1. The van der Waals surface area contributed by atoms with E-state index in [9.17, 15) is 9.90 Å². The van der Waals surface area contributed by atoms with E-state index in [1.807, 2.05) is 32.9 Å². The van der Waals surface area contributed by atoms with Gasteiger partial charge in [-0.25, -0.2) is 4.98 Å². The zero-order chi connectivity index (χ0) is 25.6. The van der Waals surface area contributed by atoms with Gasteiger partial charge < -0.3 is 20.2 Å². The fourth-order valence-corrected chi connectivity index (χ4v) is 6.72. The number of hydrogen-bond acceptors (Lipinski definition) is 6. The summed E-state index contributed by atoms with van der Waals surface area (Å²) in [5.41, 5.74) is 1.59. The first-order valence-corrected chi connectivity index (χ1v) is 13.7. The Morgan fingerprint density at radius 3 is 2.61 bits per heavy atom. The number of nitrogens with one attached hydrogen (secondary N) is 1. The van der Waals surface area contributed by atoms with Crippen LogP contribution in [0.5, 0.6) is 0 Å². The summed E-state index contributed by atoms with van der Waals surface area (Å²) < 4.78 is 0. The molecule has 36 heavy (non-hydrogen) atoms. The number of carboxylic acid groups (broad SMARTS) is 1. The molecule has 3 fully saturated rings. The monoisotopic (exact) mass is 531 g/mol. The average molecular weight is 533 g/mol. The maximum Gasteiger partial charge on any atom is 0.309 e. The van der Waals surface area contributed by atoms with E-state index < -0.39 is 11.4 Å². The van der Waals surface area contributed by atoms with Crippen LogP contribution < -0.4 is 10.2 Å². The SMILES string of the molecule is Cc1ccc(C(C)Nc2nc(N3CCC(C4CCN(C5CC(C)(C(=O)O)C5)C4)C3)ncc2Cl)c(Cl)c1. The predicted molar refractivity (Wildman–Crippen MR) is 144 cm³/mol. The van der Waals surface area contributed by atoms with Crippen molar-refractivity contribution in [3.63, 3.8) is 0 Å². The van der Waals surface area contributed by atoms with Crippen molar-refractivity contribution < 1.29 is 9.90 Å². The summed E-state index contributed by atoms with van der Waals surface area (Å²) in [4.78, 5) is 25.6. The third kappa shape index (κ3) is 5.02. The Labute approximate surface area is 223 Å². The van der Waals surface area contributed by atoms with E-state index in [2.05, 4.69) is 26.2 Å². The maximum atomic E-state index is 11.5. The lowest BCUT2D eigenvalue weighted by Gasteiger charge is -2.46. The van der Waals surface area contributed by atoms with Crippen molar-refractivity contribution in [1.29, 1.82) is 0 Å². The van der Waals surface area contributed by atoms with Crippen molar-refractivity contribution in [3.05, 3.63) is 45.6 Å². The molecule has 5 rings (SSSR count). The Hall–Kier alpha value is -2.09. The zero-order valence-corrected chi connectivity index (χ0v) is 22.7. The molecule has 7 nitrogen and oxygen atoms in total. The standard InChI is InChI=1S/C27H35Cl2N5O2/c1-16-4-5-21(22(28)10-16)17(2)31-24-23(29)13-30-26(32-24)34-9-7-19(15-34)18-6-8-33(14-18)20-11-27(3,12-20)25(35)36/h4-5,10,13,17-20H,6-9,11-12,14-15H2,1-3H3,(H,35,36)(H,30,31,32). The Balaban J connectivity index is 1.19. The van der Waals surface area contributed by atoms with Crippen LogP contribution in [0.15, 0.2) is 24.4 Å². The summed E-state index contributed by atoms with van der Waals surface area (Å²) in [5.74, 6) is 1.90. The summed E-state index contributed by atoms with van der Waals surface area (Å²) in [7, 11) is 0. The highest BCUT2D eigenvalue weighted by atomic mass is 35.5. The molecule has 2 saturated heterocycles. The van der Waals surface area contributed by atoms with Crippen molar-refractivity contribution in [2.24, 2.45) is 17.3 Å². The van der Waals surface area contributed by atoms with Crippen molar-refractivity contribution in [3.8, 4) is 0 Å². The highest BCUT2D eigenvalue weighted by Gasteiger charge is 2.50. The van der Waals surface area contributed by atoms with E-state index >= 15 is 0 Å². The summed E-state index contributed by atoms with van der Waals surface area (Å²) in [6.45, 7) is 9.97. The van der Waals surface area contributed by atoms with Crippen LogP contribution in [0.25, 0.3) is 0 Å². The van der Waals surface area contributed by atoms with E-state index in [1.54, 1.807) is 6.20 Å². The second-order valence-corrected chi connectivity index (χ2v) is 12.0. The van der Waals surface area contributed by atoms with Crippen LogP contribution in [-0.4, -0.2) is 58.2 Å². The smallest absolute Gasteiger partial charge is 0.309 e. The van der Waals surface area contributed by atoms with Gasteiger partial charge in [-0.15, -0.1) is 0 Å². The molecule has 0 radical (unpaired) electrons. The summed E-state index contributed by atoms with van der Waals surface area (Å²) in [6, 6.07) is 6.42. The van der Waals surface area contributed by atoms with Gasteiger partial charge in [0.05, 0.1) is 17.7 Å². The molecule has 1 saturated carbocycles. The Morgan fingerprint density at radius 2 is 1.89 bits per heavy atom. The summed E-state index contributed by atoms with van der Waals surface area (Å²) in [6.07, 6.45) is 5.53. The van der Waals surface area contributed by atoms with Crippen molar-refractivity contribution in [2.45, 2.75) is 58.5 Å². The number of nitrogens with zero attached hydrogens (tertiary/aromatic N) is 4. The van der Waals surface area contributed by atoms with Crippen LogP contribution in [0, 0.1) is 24.2 Å². The number of anilines is 2. The highest BCUT2D eigenvalue weighted by Crippen LogP contribution is 2.46. The van der Waals surface area contributed by atoms with Gasteiger partial charge in [0.1, 0.15) is 5.02 Å². The van der Waals surface area contributed by atoms with E-state index in [0.29, 0.717) is 34.7 Å². The van der Waals surface area contributed by atoms with Crippen LogP contribution in [0.1, 0.15) is 56.7 Å². The molecule has 0 amide bonds. The summed E-state index contributed by atoms with van der Waals surface area (Å²) in [5, 5.41) is 14.1. The van der Waals surface area contributed by atoms with Gasteiger partial charge in [-0.2, -0.15) is 4.98 Å². The molecule has 1 aliphatic carbocycles. The van der Waals surface area contributed by atoms with Crippen LogP contribution in [0.4, 0.5) is 11.8 Å². The quantitative estimate of drug-likeness (QED) is 0.476. The Kier molecular flexibility index (Phi) is 7.09. The number of carbonyl (C=O) groups is 1. The molecule has 194 valence electrons. The number of rotatable bonds is 7. The minimum atomic E-state index is -0.658. The second-order valence-electron chi connectivity index (χ2n) is 11.2. The van der Waals surface area contributed by atoms with Crippen LogP contribution in [0.3, 0.4) is 0 Å². The average Bonchev–Trinajstić information content (AvgIpc) is 3.48. The number of likely N-dealkylation sites (tertiary alicyclic amines) is 1. The molecule has 0 spiro atoms. The van der Waals surface area contributed by atoms with Gasteiger partial charge in [0.2, 0.25) is 5.95 Å². The van der Waals surface area contributed by atoms with Crippen LogP contribution in [-0.2, 0) is 4.79 Å². The van der Waals surface area contributed by atoms with Crippen molar-refractivity contribution in [1.82, 2.24) is 14.9 Å². The third-order valence-electron chi connectivity index (χ3n) is 8.54. The number of aromatic nitrogens is 2. The number of benzene rings is 1. The van der Waals surface area contributed by atoms with Crippen LogP contribution in [0.2, 0.25) is 10.0 Å². The molecule has 1 aromatic heterocycles. The number of halogens is 2. The first-order valence-electron chi connectivity index (χ1n) is 12.9. The molecule has 3 atom stereocenters. The highest BCUT2D eigenvalue weighted by molar-refractivity contribution is 6.33. The Bertz CT molecular complexity index is 1140. The van der Waals surface area contributed by atoms with Gasteiger partial charge in [-0.3, -0.25) is 4.79 Å². The molecule has 2 aromatic rings. The van der Waals surface area contributed by atoms with Gasteiger partial charge in [-0.1, -0.05) is 35.3 Å². The molecule has 2 N–H and O–H groups in total. The summed E-state index contributed by atoms with van der Waals surface area (Å²) >= 11 is 12.9. The molecule has 9 heteroatoms. The first kappa shape index (κ1) is 25.6. The lowest BCUT2D eigenvalue weighted by molar-refractivity contribution is -0.157. The first-order chi connectivity index (χ1) is 17.1. The van der Waals surface area contributed by atoms with Crippen molar-refractivity contribution >= 4 is 40.9 Å². The zero-order valence-electron chi connectivity index (χ0n) is 21.2. The molecule has 1 aromatic carbocycles. The van der Waals surface area contributed by atoms with Gasteiger partial charge >= 0.3 is 5.97 Å². The number of carboxylic acids is 1. The maximum absolute atomic E-state index is 11.5. The van der Waals surface area contributed by atoms with E-state index in [1.165, 1.54) is 6.42 Å². The largest absolute Gasteiger partial charge is 0.481 e. The Morgan fingerprint density at radius 1 is 1.17 bits per heavy atom. The van der Waals surface area contributed by atoms with Crippen LogP contribution >= 0.6 is 23.2 Å². The fourth-order valence-electron chi connectivity index (χ4n) is 6.18. The van der Waals surface area contributed by atoms with Gasteiger partial charge in [-0.05, 0) is 82.0 Å². The van der Waals surface area contributed by atoms with Gasteiger partial charge in [0, 0.05) is 30.7 Å². The normalized spacial score (nSPS) is 29.2. The van der Waals surface area contributed by atoms with E-state index in [0.717, 1.165) is 61.6 Å². The lowest BCUT2D eigenvalue weighted by atomic mass is 9.66. The van der Waals surface area contributed by atoms with Gasteiger partial charge in [0.15, 0.2) is 5.82 Å². The number of aliphatic carboxylic acids is 1. The minimum Gasteiger partial charge on any atom is -0.481 e. The molecule has 3 unspecified atom stereocenters. The molecule has 2 aliphatic heterocycles. The fraction of sp³-hybridized carbons (Fsp3) is 0.593. The predicted octanol–water partition coefficient (Wildman–Crippen LogP) is 5.67. The van der Waals surface area contributed by atoms with Gasteiger partial charge in [0.25, 0.3) is 0 Å². The molecule has 3 aliphatic rings. The molecule has 3 heterocycles. The molecular weight excluding hydrogens is 497 g/mol.